The maximum atomic E-state index is 12.1. The molecule has 30 heavy (non-hydrogen) atoms. The van der Waals surface area contributed by atoms with Gasteiger partial charge in [-0.1, -0.05) is 92.7 Å². The van der Waals surface area contributed by atoms with Crippen molar-refractivity contribution in [3.05, 3.63) is 28.8 Å². The predicted molar refractivity (Wildman–Crippen MR) is 127 cm³/mol. The Bertz CT molecular complexity index is 636. The number of aromatic hydroxyl groups is 1. The molecule has 5 heteroatoms. The molecule has 0 bridgehead atoms. The summed E-state index contributed by atoms with van der Waals surface area (Å²) in [6.45, 7) is 15.0. The lowest BCUT2D eigenvalue weighted by atomic mass is 9.78. The van der Waals surface area contributed by atoms with Gasteiger partial charge in [0.25, 0.3) is 0 Å². The second-order valence-electron chi connectivity index (χ2n) is 10.1. The Kier molecular flexibility index (Phi) is 10.7. The minimum Gasteiger partial charge on any atom is -0.507 e. The van der Waals surface area contributed by atoms with Crippen molar-refractivity contribution in [3.8, 4) is 5.75 Å². The average molecular weight is 439 g/mol. The van der Waals surface area contributed by atoms with E-state index in [4.69, 9.17) is 4.74 Å². The Hall–Kier alpha value is -1.20. The summed E-state index contributed by atoms with van der Waals surface area (Å²) in [6.07, 6.45) is 6.75. The van der Waals surface area contributed by atoms with Gasteiger partial charge in [0.1, 0.15) is 5.75 Å². The second kappa shape index (κ2) is 12.0. The minimum atomic E-state index is -1.20. The van der Waals surface area contributed by atoms with Crippen molar-refractivity contribution >= 4 is 17.7 Å². The number of rotatable bonds is 11. The van der Waals surface area contributed by atoms with E-state index in [1.165, 1.54) is 19.3 Å². The molecule has 1 aromatic rings. The zero-order chi connectivity index (χ0) is 22.9. The Morgan fingerprint density at radius 3 is 1.97 bits per heavy atom. The number of carbonyl (C=O) groups excluding carboxylic acids is 1. The van der Waals surface area contributed by atoms with Crippen molar-refractivity contribution in [2.24, 2.45) is 0 Å². The number of unbranched alkanes of at least 4 members (excludes halogenated alkanes) is 5. The number of esters is 1. The fourth-order valence-corrected chi connectivity index (χ4v) is 4.01. The maximum Gasteiger partial charge on any atom is 0.345 e. The Labute approximate surface area is 187 Å². The molecule has 0 spiro atoms. The summed E-state index contributed by atoms with van der Waals surface area (Å²) in [5.41, 5.74) is 1.13. The third kappa shape index (κ3) is 8.89. The molecule has 1 aromatic carbocycles. The van der Waals surface area contributed by atoms with E-state index in [-0.39, 0.29) is 10.8 Å². The first-order chi connectivity index (χ1) is 13.9. The van der Waals surface area contributed by atoms with Crippen LogP contribution in [0.1, 0.15) is 104 Å². The molecule has 0 aliphatic carbocycles. The van der Waals surface area contributed by atoms with Gasteiger partial charge in [0.15, 0.2) is 5.44 Å². The highest BCUT2D eigenvalue weighted by Crippen LogP contribution is 2.40. The lowest BCUT2D eigenvalue weighted by Gasteiger charge is -2.28. The van der Waals surface area contributed by atoms with Crippen molar-refractivity contribution in [3.63, 3.8) is 0 Å². The van der Waals surface area contributed by atoms with Crippen molar-refractivity contribution < 1.29 is 19.7 Å². The van der Waals surface area contributed by atoms with Crippen LogP contribution in [0.25, 0.3) is 0 Å². The van der Waals surface area contributed by atoms with Crippen LogP contribution in [0.2, 0.25) is 0 Å². The zero-order valence-corrected chi connectivity index (χ0v) is 20.8. The minimum absolute atomic E-state index is 0.209. The Morgan fingerprint density at radius 1 is 0.967 bits per heavy atom. The van der Waals surface area contributed by atoms with Gasteiger partial charge in [-0.25, -0.2) is 4.79 Å². The van der Waals surface area contributed by atoms with Crippen LogP contribution in [0.4, 0.5) is 0 Å². The summed E-state index contributed by atoms with van der Waals surface area (Å²) in [5.74, 6) is 0.238. The summed E-state index contributed by atoms with van der Waals surface area (Å²) in [7, 11) is 0. The van der Waals surface area contributed by atoms with Crippen molar-refractivity contribution in [1.82, 2.24) is 0 Å². The number of hydrogen-bond acceptors (Lipinski definition) is 5. The molecule has 0 heterocycles. The summed E-state index contributed by atoms with van der Waals surface area (Å²) >= 11 is 1.16. The fourth-order valence-electron chi connectivity index (χ4n) is 3.29. The SMILES string of the molecule is CCCCCCCCOC(=O)C(O)SCc1cc(C(C)(C)C)c(O)c(C(C)(C)C)c1. The number of ether oxygens (including phenoxy) is 1. The number of carbonyl (C=O) groups is 1. The topological polar surface area (TPSA) is 66.8 Å². The summed E-state index contributed by atoms with van der Waals surface area (Å²) in [4.78, 5) is 12.1. The lowest BCUT2D eigenvalue weighted by Crippen LogP contribution is -2.21. The van der Waals surface area contributed by atoms with Crippen molar-refractivity contribution in [2.75, 3.05) is 6.61 Å². The van der Waals surface area contributed by atoms with Gasteiger partial charge in [0.05, 0.1) is 6.61 Å². The molecular formula is C25H42O4S. The number of hydrogen-bond donors (Lipinski definition) is 2. The molecule has 0 fully saturated rings. The molecule has 4 nitrogen and oxygen atoms in total. The molecule has 1 rings (SSSR count). The molecule has 1 atom stereocenters. The van der Waals surface area contributed by atoms with Gasteiger partial charge in [0, 0.05) is 5.75 Å². The molecule has 0 aromatic heterocycles. The largest absolute Gasteiger partial charge is 0.507 e. The Morgan fingerprint density at radius 2 is 1.47 bits per heavy atom. The Balaban J connectivity index is 2.67. The molecule has 0 saturated carbocycles. The summed E-state index contributed by atoms with van der Waals surface area (Å²) < 4.78 is 5.22. The van der Waals surface area contributed by atoms with Crippen LogP contribution < -0.4 is 0 Å². The molecule has 0 saturated heterocycles. The van der Waals surface area contributed by atoms with E-state index in [0.29, 0.717) is 18.1 Å². The molecule has 172 valence electrons. The van der Waals surface area contributed by atoms with Crippen LogP contribution in [0.3, 0.4) is 0 Å². The van der Waals surface area contributed by atoms with Crippen LogP contribution >= 0.6 is 11.8 Å². The molecule has 2 N–H and O–H groups in total. The molecule has 0 aliphatic heterocycles. The van der Waals surface area contributed by atoms with E-state index in [1.807, 2.05) is 12.1 Å². The number of aliphatic hydroxyl groups excluding tert-OH is 1. The van der Waals surface area contributed by atoms with Crippen molar-refractivity contribution in [1.29, 1.82) is 0 Å². The number of thioether (sulfide) groups is 1. The molecule has 0 amide bonds. The first-order valence-electron chi connectivity index (χ1n) is 11.2. The predicted octanol–water partition coefficient (Wildman–Crippen LogP) is 6.44. The van der Waals surface area contributed by atoms with Crippen LogP contribution in [0.5, 0.6) is 5.75 Å². The highest BCUT2D eigenvalue weighted by Gasteiger charge is 2.27. The van der Waals surface area contributed by atoms with Gasteiger partial charge < -0.3 is 14.9 Å². The highest BCUT2D eigenvalue weighted by atomic mass is 32.2. The lowest BCUT2D eigenvalue weighted by molar-refractivity contribution is -0.148. The second-order valence-corrected chi connectivity index (χ2v) is 11.2. The van der Waals surface area contributed by atoms with Crippen LogP contribution in [0.15, 0.2) is 12.1 Å². The van der Waals surface area contributed by atoms with E-state index >= 15 is 0 Å². The van der Waals surface area contributed by atoms with Crippen LogP contribution in [-0.2, 0) is 26.1 Å². The number of phenols is 1. The van der Waals surface area contributed by atoms with Gasteiger partial charge in [-0.15, -0.1) is 11.8 Å². The first-order valence-corrected chi connectivity index (χ1v) is 12.3. The third-order valence-corrected chi connectivity index (χ3v) is 6.15. The third-order valence-electron chi connectivity index (χ3n) is 5.14. The normalized spacial score (nSPS) is 13.3. The highest BCUT2D eigenvalue weighted by molar-refractivity contribution is 7.99. The molecule has 0 radical (unpaired) electrons. The zero-order valence-electron chi connectivity index (χ0n) is 20.0. The van der Waals surface area contributed by atoms with Gasteiger partial charge in [0.2, 0.25) is 0 Å². The number of benzene rings is 1. The summed E-state index contributed by atoms with van der Waals surface area (Å²) in [6, 6.07) is 3.96. The van der Waals surface area contributed by atoms with E-state index in [1.54, 1.807) is 0 Å². The van der Waals surface area contributed by atoms with Crippen LogP contribution in [0, 0.1) is 0 Å². The molecule has 1 unspecified atom stereocenters. The van der Waals surface area contributed by atoms with Gasteiger partial charge in [-0.3, -0.25) is 0 Å². The van der Waals surface area contributed by atoms with E-state index in [9.17, 15) is 15.0 Å². The van der Waals surface area contributed by atoms with Gasteiger partial charge in [-0.05, 0) is 33.9 Å². The van der Waals surface area contributed by atoms with E-state index in [2.05, 4.69) is 48.5 Å². The average Bonchev–Trinajstić information content (AvgIpc) is 2.64. The smallest absolute Gasteiger partial charge is 0.345 e. The first kappa shape index (κ1) is 26.8. The molecular weight excluding hydrogens is 396 g/mol. The van der Waals surface area contributed by atoms with Gasteiger partial charge >= 0.3 is 5.97 Å². The van der Waals surface area contributed by atoms with E-state index in [0.717, 1.165) is 47.7 Å². The quantitative estimate of drug-likeness (QED) is 0.236. The standard InChI is InChI=1S/C25H42O4S/c1-8-9-10-11-12-13-14-29-22(27)23(28)30-17-18-15-19(24(2,3)4)21(26)20(16-18)25(5,6)7/h15-16,23,26,28H,8-14,17H2,1-7H3. The fraction of sp³-hybridized carbons (Fsp3) is 0.720. The number of aliphatic hydroxyl groups is 1. The monoisotopic (exact) mass is 438 g/mol. The van der Waals surface area contributed by atoms with Crippen molar-refractivity contribution in [2.45, 2.75) is 109 Å². The maximum absolute atomic E-state index is 12.1. The van der Waals surface area contributed by atoms with Crippen LogP contribution in [-0.4, -0.2) is 28.2 Å². The number of phenolic OH excluding ortho intramolecular Hbond substituents is 1. The summed E-state index contributed by atoms with van der Waals surface area (Å²) in [5, 5.41) is 21.0. The molecule has 0 aliphatic rings. The van der Waals surface area contributed by atoms with E-state index < -0.39 is 11.4 Å². The van der Waals surface area contributed by atoms with Gasteiger partial charge in [-0.2, -0.15) is 0 Å².